The van der Waals surface area contributed by atoms with Gasteiger partial charge in [-0.05, 0) is 48.9 Å². The normalized spacial score (nSPS) is 10.5. The van der Waals surface area contributed by atoms with Gasteiger partial charge in [-0.15, -0.1) is 0 Å². The van der Waals surface area contributed by atoms with Crippen molar-refractivity contribution in [3.05, 3.63) is 65.2 Å². The Labute approximate surface area is 133 Å². The van der Waals surface area contributed by atoms with Gasteiger partial charge in [0.1, 0.15) is 5.75 Å². The lowest BCUT2D eigenvalue weighted by Gasteiger charge is -2.03. The minimum Gasteiger partial charge on any atom is -0.482 e. The van der Waals surface area contributed by atoms with E-state index in [-0.39, 0.29) is 12.5 Å². The molecule has 0 saturated carbocycles. The number of amides is 1. The summed E-state index contributed by atoms with van der Waals surface area (Å²) < 4.78 is 5.02. The molecule has 0 spiro atoms. The molecule has 0 atom stereocenters. The first-order chi connectivity index (χ1) is 11.0. The molecule has 2 aromatic rings. The van der Waals surface area contributed by atoms with Crippen molar-refractivity contribution >= 4 is 18.1 Å². The van der Waals surface area contributed by atoms with Gasteiger partial charge in [-0.2, -0.15) is 5.10 Å². The predicted molar refractivity (Wildman–Crippen MR) is 85.8 cm³/mol. The molecule has 0 fully saturated rings. The summed E-state index contributed by atoms with van der Waals surface area (Å²) in [6, 6.07) is 13.8. The second-order valence-corrected chi connectivity index (χ2v) is 4.82. The fourth-order valence-corrected chi connectivity index (χ4v) is 1.73. The monoisotopic (exact) mass is 312 g/mol. The number of carboxylic acids is 1. The number of nitrogens with zero attached hydrogens (tertiary/aromatic N) is 1. The maximum absolute atomic E-state index is 11.8. The standard InChI is InChI=1S/C17H16N2O4/c1-12-2-6-14(7-3-12)17(22)19-18-10-13-4-8-15(9-5-13)23-11-16(20)21/h2-10H,11H2,1H3,(H,19,22)(H,20,21)/b18-10+. The van der Waals surface area contributed by atoms with Gasteiger partial charge >= 0.3 is 5.97 Å². The number of carbonyl (C=O) groups excluding carboxylic acids is 1. The number of carbonyl (C=O) groups is 2. The second-order valence-electron chi connectivity index (χ2n) is 4.82. The van der Waals surface area contributed by atoms with Gasteiger partial charge in [0.2, 0.25) is 0 Å². The summed E-state index contributed by atoms with van der Waals surface area (Å²) in [5.74, 6) is -0.870. The molecule has 6 nitrogen and oxygen atoms in total. The average molecular weight is 312 g/mol. The number of nitrogens with one attached hydrogen (secondary N) is 1. The highest BCUT2D eigenvalue weighted by atomic mass is 16.5. The third-order valence-electron chi connectivity index (χ3n) is 2.94. The first-order valence-corrected chi connectivity index (χ1v) is 6.89. The van der Waals surface area contributed by atoms with Crippen molar-refractivity contribution in [2.24, 2.45) is 5.10 Å². The van der Waals surface area contributed by atoms with Crippen LogP contribution in [0.15, 0.2) is 53.6 Å². The lowest BCUT2D eigenvalue weighted by molar-refractivity contribution is -0.139. The van der Waals surface area contributed by atoms with Gasteiger partial charge < -0.3 is 9.84 Å². The summed E-state index contributed by atoms with van der Waals surface area (Å²) in [7, 11) is 0. The van der Waals surface area contributed by atoms with Crippen LogP contribution in [0.2, 0.25) is 0 Å². The molecule has 0 radical (unpaired) electrons. The molecule has 0 unspecified atom stereocenters. The van der Waals surface area contributed by atoms with Crippen LogP contribution in [0.3, 0.4) is 0 Å². The summed E-state index contributed by atoms with van der Waals surface area (Å²) in [6.07, 6.45) is 1.49. The quantitative estimate of drug-likeness (QED) is 0.632. The van der Waals surface area contributed by atoms with Crippen molar-refractivity contribution < 1.29 is 19.4 Å². The Kier molecular flexibility index (Phi) is 5.46. The van der Waals surface area contributed by atoms with Crippen LogP contribution in [-0.2, 0) is 4.79 Å². The Balaban J connectivity index is 1.88. The molecule has 2 rings (SSSR count). The maximum atomic E-state index is 11.8. The van der Waals surface area contributed by atoms with Crippen LogP contribution >= 0.6 is 0 Å². The van der Waals surface area contributed by atoms with E-state index in [0.29, 0.717) is 11.3 Å². The van der Waals surface area contributed by atoms with E-state index >= 15 is 0 Å². The van der Waals surface area contributed by atoms with Gasteiger partial charge in [-0.1, -0.05) is 17.7 Å². The summed E-state index contributed by atoms with van der Waals surface area (Å²) in [5.41, 5.74) is 4.80. The van der Waals surface area contributed by atoms with Gasteiger partial charge in [0.25, 0.3) is 5.91 Å². The van der Waals surface area contributed by atoms with E-state index in [1.165, 1.54) is 6.21 Å². The highest BCUT2D eigenvalue weighted by molar-refractivity contribution is 5.94. The molecule has 0 aliphatic rings. The Morgan fingerprint density at radius 3 is 2.39 bits per heavy atom. The summed E-state index contributed by atoms with van der Waals surface area (Å²) >= 11 is 0. The van der Waals surface area contributed by atoms with Crippen molar-refractivity contribution in [3.63, 3.8) is 0 Å². The molecule has 6 heteroatoms. The molecular weight excluding hydrogens is 296 g/mol. The molecule has 0 saturated heterocycles. The number of hydrogen-bond donors (Lipinski definition) is 2. The SMILES string of the molecule is Cc1ccc(C(=O)N/N=C/c2ccc(OCC(=O)O)cc2)cc1. The van der Waals surface area contributed by atoms with E-state index < -0.39 is 5.97 Å². The molecule has 2 aromatic carbocycles. The Morgan fingerprint density at radius 2 is 1.78 bits per heavy atom. The second kappa shape index (κ2) is 7.74. The fourth-order valence-electron chi connectivity index (χ4n) is 1.73. The summed E-state index contributed by atoms with van der Waals surface area (Å²) in [4.78, 5) is 22.2. The van der Waals surface area contributed by atoms with Gasteiger partial charge in [0.15, 0.2) is 6.61 Å². The van der Waals surface area contributed by atoms with Crippen LogP contribution in [0, 0.1) is 6.92 Å². The Morgan fingerprint density at radius 1 is 1.13 bits per heavy atom. The molecule has 0 aromatic heterocycles. The van der Waals surface area contributed by atoms with Crippen LogP contribution in [-0.4, -0.2) is 29.8 Å². The minimum absolute atomic E-state index is 0.289. The zero-order chi connectivity index (χ0) is 16.7. The number of benzene rings is 2. The Bertz CT molecular complexity index is 706. The maximum Gasteiger partial charge on any atom is 0.341 e. The number of hydrazone groups is 1. The molecule has 0 bridgehead atoms. The average Bonchev–Trinajstić information content (AvgIpc) is 2.54. The van der Waals surface area contributed by atoms with Crippen molar-refractivity contribution in [2.45, 2.75) is 6.92 Å². The van der Waals surface area contributed by atoms with Crippen LogP contribution in [0.1, 0.15) is 21.5 Å². The molecule has 0 aliphatic carbocycles. The van der Waals surface area contributed by atoms with Gasteiger partial charge in [0, 0.05) is 5.56 Å². The molecule has 2 N–H and O–H groups in total. The van der Waals surface area contributed by atoms with E-state index in [1.54, 1.807) is 36.4 Å². The van der Waals surface area contributed by atoms with Gasteiger partial charge in [0.05, 0.1) is 6.21 Å². The molecule has 23 heavy (non-hydrogen) atoms. The van der Waals surface area contributed by atoms with Crippen LogP contribution in [0.25, 0.3) is 0 Å². The molecule has 0 heterocycles. The number of ether oxygens (including phenoxy) is 1. The lowest BCUT2D eigenvalue weighted by atomic mass is 10.1. The van der Waals surface area contributed by atoms with Crippen LogP contribution in [0.5, 0.6) is 5.75 Å². The number of hydrogen-bond acceptors (Lipinski definition) is 4. The van der Waals surface area contributed by atoms with Gasteiger partial charge in [-0.25, -0.2) is 10.2 Å². The largest absolute Gasteiger partial charge is 0.482 e. The molecule has 0 aliphatic heterocycles. The minimum atomic E-state index is -1.03. The van der Waals surface area contributed by atoms with Crippen molar-refractivity contribution in [3.8, 4) is 5.75 Å². The lowest BCUT2D eigenvalue weighted by Crippen LogP contribution is -2.17. The first kappa shape index (κ1) is 16.2. The molecule has 118 valence electrons. The number of carboxylic acid groups (broad SMARTS) is 1. The van der Waals surface area contributed by atoms with Gasteiger partial charge in [-0.3, -0.25) is 4.79 Å². The highest BCUT2D eigenvalue weighted by Crippen LogP contribution is 2.10. The number of aryl methyl sites for hydroxylation is 1. The van der Waals surface area contributed by atoms with E-state index in [9.17, 15) is 9.59 Å². The molecule has 1 amide bonds. The van der Waals surface area contributed by atoms with E-state index in [0.717, 1.165) is 11.1 Å². The van der Waals surface area contributed by atoms with Crippen molar-refractivity contribution in [2.75, 3.05) is 6.61 Å². The van der Waals surface area contributed by atoms with E-state index in [4.69, 9.17) is 9.84 Å². The fraction of sp³-hybridized carbons (Fsp3) is 0.118. The van der Waals surface area contributed by atoms with E-state index in [2.05, 4.69) is 10.5 Å². The summed E-state index contributed by atoms with van der Waals surface area (Å²) in [5, 5.41) is 12.4. The predicted octanol–water partition coefficient (Wildman–Crippen LogP) is 2.22. The van der Waals surface area contributed by atoms with Crippen LogP contribution in [0.4, 0.5) is 0 Å². The first-order valence-electron chi connectivity index (χ1n) is 6.89. The smallest absolute Gasteiger partial charge is 0.341 e. The third-order valence-corrected chi connectivity index (χ3v) is 2.94. The highest BCUT2D eigenvalue weighted by Gasteiger charge is 2.02. The van der Waals surface area contributed by atoms with Crippen molar-refractivity contribution in [1.82, 2.24) is 5.43 Å². The number of rotatable bonds is 6. The summed E-state index contributed by atoms with van der Waals surface area (Å²) in [6.45, 7) is 1.56. The Hall–Kier alpha value is -3.15. The molecular formula is C17H16N2O4. The number of aliphatic carboxylic acids is 1. The zero-order valence-corrected chi connectivity index (χ0v) is 12.5. The van der Waals surface area contributed by atoms with E-state index in [1.807, 2.05) is 19.1 Å². The zero-order valence-electron chi connectivity index (χ0n) is 12.5. The van der Waals surface area contributed by atoms with Crippen molar-refractivity contribution in [1.29, 1.82) is 0 Å². The van der Waals surface area contributed by atoms with Crippen LogP contribution < -0.4 is 10.2 Å². The third kappa shape index (κ3) is 5.28. The topological polar surface area (TPSA) is 88.0 Å².